The Balaban J connectivity index is 1.53. The van der Waals surface area contributed by atoms with Gasteiger partial charge in [0.1, 0.15) is 11.9 Å². The predicted octanol–water partition coefficient (Wildman–Crippen LogP) is 2.90. The maximum atomic E-state index is 14.1. The normalized spacial score (nSPS) is 19.5. The molecule has 1 aromatic carbocycles. The van der Waals surface area contributed by atoms with Crippen LogP contribution in [0.25, 0.3) is 0 Å². The highest BCUT2D eigenvalue weighted by molar-refractivity contribution is 7.89. The van der Waals surface area contributed by atoms with Gasteiger partial charge in [0.2, 0.25) is 16.0 Å². The lowest BCUT2D eigenvalue weighted by Gasteiger charge is -2.17. The third-order valence-electron chi connectivity index (χ3n) is 4.70. The summed E-state index contributed by atoms with van der Waals surface area (Å²) in [6.45, 7) is 1.25. The zero-order valence-corrected chi connectivity index (χ0v) is 18.5. The number of sulfonamides is 1. The molecule has 1 saturated heterocycles. The van der Waals surface area contributed by atoms with Crippen molar-refractivity contribution in [1.82, 2.24) is 15.3 Å². The Bertz CT molecular complexity index is 1130. The quantitative estimate of drug-likeness (QED) is 0.485. The van der Waals surface area contributed by atoms with Crippen molar-refractivity contribution in [2.75, 3.05) is 11.9 Å². The molecule has 3 atom stereocenters. The number of anilines is 2. The number of benzene rings is 1. The number of ether oxygens (including phenoxy) is 2. The summed E-state index contributed by atoms with van der Waals surface area (Å²) in [6, 6.07) is 1.93. The molecule has 0 saturated carbocycles. The Kier molecular flexibility index (Phi) is 7.57. The number of carbonyl (C=O) groups is 1. The summed E-state index contributed by atoms with van der Waals surface area (Å²) in [5.41, 5.74) is 0.462. The molecule has 1 aliphatic heterocycles. The van der Waals surface area contributed by atoms with Crippen LogP contribution in [0.5, 0.6) is 0 Å². The van der Waals surface area contributed by atoms with Crippen molar-refractivity contribution in [2.45, 2.75) is 49.1 Å². The van der Waals surface area contributed by atoms with Gasteiger partial charge in [-0.3, -0.25) is 0 Å². The molecule has 2 aromatic rings. The fourth-order valence-electron chi connectivity index (χ4n) is 3.16. The predicted molar refractivity (Wildman–Crippen MR) is 110 cm³/mol. The first-order valence-electron chi connectivity index (χ1n) is 9.87. The van der Waals surface area contributed by atoms with Gasteiger partial charge in [-0.15, -0.1) is 0 Å². The Hall–Kier alpha value is -3.04. The van der Waals surface area contributed by atoms with Gasteiger partial charge in [0.05, 0.1) is 29.7 Å². The summed E-state index contributed by atoms with van der Waals surface area (Å²) >= 11 is 0. The Morgan fingerprint density at radius 2 is 2.00 bits per heavy atom. The average Bonchev–Trinajstić information content (AvgIpc) is 3.16. The molecule has 1 aliphatic rings. The second-order valence-corrected chi connectivity index (χ2v) is 9.16. The van der Waals surface area contributed by atoms with Crippen LogP contribution in [0.3, 0.4) is 0 Å². The van der Waals surface area contributed by atoms with Gasteiger partial charge in [0, 0.05) is 30.4 Å². The molecule has 0 radical (unpaired) electrons. The Morgan fingerprint density at radius 1 is 1.32 bits per heavy atom. The molecule has 3 rings (SSSR count). The number of carbonyl (C=O) groups excluding carboxylic acids is 1. The molecule has 0 aliphatic carbocycles. The number of alkyl carbamates (subject to hydrolysis) is 1. The van der Waals surface area contributed by atoms with Gasteiger partial charge in [-0.2, -0.15) is 13.2 Å². The molecule has 1 fully saturated rings. The summed E-state index contributed by atoms with van der Waals surface area (Å²) in [5, 5.41) is 9.69. The van der Waals surface area contributed by atoms with Crippen LogP contribution < -0.4 is 15.8 Å². The lowest BCUT2D eigenvalue weighted by atomic mass is 10.1. The third kappa shape index (κ3) is 7.23. The van der Waals surface area contributed by atoms with Crippen LogP contribution in [0, 0.1) is 5.82 Å². The summed E-state index contributed by atoms with van der Waals surface area (Å²) in [6.07, 6.45) is -4.70. The van der Waals surface area contributed by atoms with Crippen LogP contribution in [0.15, 0.2) is 35.5 Å². The summed E-state index contributed by atoms with van der Waals surface area (Å²) in [7, 11) is -4.05. The number of nitrogens with one attached hydrogen (secondary N) is 2. The number of amides is 1. The van der Waals surface area contributed by atoms with E-state index in [2.05, 4.69) is 20.6 Å². The summed E-state index contributed by atoms with van der Waals surface area (Å²) in [5.74, 6) is -0.851. The number of aromatic nitrogens is 2. The number of rotatable bonds is 7. The monoisotopic (exact) mass is 507 g/mol. The molecule has 0 spiro atoms. The SMILES string of the molecule is C[C@@H](CC(F)(F)F)NC(=O)O[C@H]1CO[C@@H](c2cnc(Nc3ccc(S(N)(=O)=O)cc3F)nc2)C1. The zero-order chi connectivity index (χ0) is 25.1. The molecular formula is C19H21F4N5O5S. The van der Waals surface area contributed by atoms with E-state index in [0.29, 0.717) is 5.56 Å². The van der Waals surface area contributed by atoms with Crippen molar-refractivity contribution in [3.05, 3.63) is 42.0 Å². The number of alkyl halides is 3. The molecule has 15 heteroatoms. The zero-order valence-electron chi connectivity index (χ0n) is 17.7. The van der Waals surface area contributed by atoms with Crippen LogP contribution in [0.4, 0.5) is 34.0 Å². The largest absolute Gasteiger partial charge is 0.444 e. The fraction of sp³-hybridized carbons (Fsp3) is 0.421. The summed E-state index contributed by atoms with van der Waals surface area (Å²) in [4.78, 5) is 19.5. The van der Waals surface area contributed by atoms with Gasteiger partial charge < -0.3 is 20.1 Å². The molecular weight excluding hydrogens is 486 g/mol. The van der Waals surface area contributed by atoms with E-state index in [0.717, 1.165) is 12.1 Å². The number of hydrogen-bond acceptors (Lipinski definition) is 8. The van der Waals surface area contributed by atoms with Crippen molar-refractivity contribution >= 4 is 27.8 Å². The number of hydrogen-bond donors (Lipinski definition) is 3. The molecule has 1 amide bonds. The van der Waals surface area contributed by atoms with Gasteiger partial charge in [-0.1, -0.05) is 0 Å². The van der Waals surface area contributed by atoms with Crippen LogP contribution in [0.1, 0.15) is 31.4 Å². The minimum Gasteiger partial charge on any atom is -0.444 e. The Morgan fingerprint density at radius 3 is 2.59 bits per heavy atom. The minimum absolute atomic E-state index is 0.0230. The van der Waals surface area contributed by atoms with E-state index >= 15 is 0 Å². The molecule has 2 heterocycles. The highest BCUT2D eigenvalue weighted by atomic mass is 32.2. The first-order chi connectivity index (χ1) is 15.8. The number of nitrogens with two attached hydrogens (primary N) is 1. The maximum absolute atomic E-state index is 14.1. The molecule has 10 nitrogen and oxygen atoms in total. The van der Waals surface area contributed by atoms with Crippen LogP contribution in [-0.2, 0) is 19.5 Å². The fourth-order valence-corrected chi connectivity index (χ4v) is 3.69. The summed E-state index contributed by atoms with van der Waals surface area (Å²) < 4.78 is 84.4. The first-order valence-corrected chi connectivity index (χ1v) is 11.4. The second kappa shape index (κ2) is 10.1. The first kappa shape index (κ1) is 25.6. The van der Waals surface area contributed by atoms with Crippen molar-refractivity contribution in [3.63, 3.8) is 0 Å². The van der Waals surface area contributed by atoms with Crippen molar-refractivity contribution in [2.24, 2.45) is 5.14 Å². The number of nitrogens with zero attached hydrogens (tertiary/aromatic N) is 2. The van der Waals surface area contributed by atoms with Crippen LogP contribution >= 0.6 is 0 Å². The van der Waals surface area contributed by atoms with Crippen molar-refractivity contribution in [3.8, 4) is 0 Å². The third-order valence-corrected chi connectivity index (χ3v) is 5.61. The molecule has 0 bridgehead atoms. The van der Waals surface area contributed by atoms with Crippen molar-refractivity contribution < 1.29 is 40.2 Å². The molecule has 1 aromatic heterocycles. The van der Waals surface area contributed by atoms with E-state index in [1.165, 1.54) is 25.4 Å². The van der Waals surface area contributed by atoms with Gasteiger partial charge in [0.15, 0.2) is 0 Å². The second-order valence-electron chi connectivity index (χ2n) is 7.60. The lowest BCUT2D eigenvalue weighted by Crippen LogP contribution is -2.38. The van der Waals surface area contributed by atoms with Gasteiger partial charge in [-0.25, -0.2) is 32.7 Å². The number of primary sulfonamides is 1. The topological polar surface area (TPSA) is 146 Å². The van der Waals surface area contributed by atoms with Crippen LogP contribution in [-0.4, -0.2) is 49.4 Å². The van der Waals surface area contributed by atoms with Gasteiger partial charge in [0.25, 0.3) is 0 Å². The standard InChI is InChI=1S/C19H21F4N5O5S/c1-10(6-19(21,22)23)27-18(29)33-12-4-16(32-9-12)11-7-25-17(26-8-11)28-15-3-2-13(5-14(15)20)34(24,30)31/h2-3,5,7-8,10,12,16H,4,6,9H2,1H3,(H,27,29)(H2,24,30,31)(H,25,26,28)/t10-,12+,16+/m0/s1. The lowest BCUT2D eigenvalue weighted by molar-refractivity contribution is -0.138. The Labute approximate surface area is 191 Å². The van der Waals surface area contributed by atoms with Crippen LogP contribution in [0.2, 0.25) is 0 Å². The van der Waals surface area contributed by atoms with Crippen molar-refractivity contribution in [1.29, 1.82) is 0 Å². The average molecular weight is 507 g/mol. The van der Waals surface area contributed by atoms with E-state index in [9.17, 15) is 30.8 Å². The van der Waals surface area contributed by atoms with E-state index in [1.807, 2.05) is 0 Å². The van der Waals surface area contributed by atoms with E-state index in [-0.39, 0.29) is 29.6 Å². The minimum atomic E-state index is -4.41. The van der Waals surface area contributed by atoms with Gasteiger partial charge >= 0.3 is 12.3 Å². The maximum Gasteiger partial charge on any atom is 0.407 e. The molecule has 34 heavy (non-hydrogen) atoms. The highest BCUT2D eigenvalue weighted by Crippen LogP contribution is 2.30. The molecule has 4 N–H and O–H groups in total. The highest BCUT2D eigenvalue weighted by Gasteiger charge is 2.33. The number of halogens is 4. The van der Waals surface area contributed by atoms with E-state index < -0.39 is 52.8 Å². The van der Waals surface area contributed by atoms with E-state index in [4.69, 9.17) is 14.6 Å². The van der Waals surface area contributed by atoms with Gasteiger partial charge in [-0.05, 0) is 25.1 Å². The van der Waals surface area contributed by atoms with E-state index in [1.54, 1.807) is 0 Å². The smallest absolute Gasteiger partial charge is 0.407 e. The molecule has 0 unspecified atom stereocenters. The molecule has 186 valence electrons.